The van der Waals surface area contributed by atoms with Crippen LogP contribution in [0, 0.1) is 30.4 Å². The van der Waals surface area contributed by atoms with Crippen LogP contribution in [-0.2, 0) is 12.8 Å². The lowest BCUT2D eigenvalue weighted by Crippen LogP contribution is -2.14. The quantitative estimate of drug-likeness (QED) is 0.624. The van der Waals surface area contributed by atoms with Gasteiger partial charge in [-0.25, -0.2) is 8.78 Å². The molecule has 1 saturated carbocycles. The zero-order valence-corrected chi connectivity index (χ0v) is 14.6. The third-order valence-corrected chi connectivity index (χ3v) is 5.36. The van der Waals surface area contributed by atoms with Crippen LogP contribution < -0.4 is 0 Å². The average molecular weight is 328 g/mol. The van der Waals surface area contributed by atoms with Gasteiger partial charge < -0.3 is 0 Å². The van der Waals surface area contributed by atoms with Gasteiger partial charge in [0.25, 0.3) is 0 Å². The Morgan fingerprint density at radius 2 is 1.46 bits per heavy atom. The predicted octanol–water partition coefficient (Wildman–Crippen LogP) is 6.23. The van der Waals surface area contributed by atoms with E-state index in [0.717, 1.165) is 29.0 Å². The topological polar surface area (TPSA) is 0 Å². The molecule has 0 bridgehead atoms. The zero-order valence-electron chi connectivity index (χ0n) is 14.6. The molecule has 0 nitrogen and oxygen atoms in total. The molecule has 0 amide bonds. The second kappa shape index (κ2) is 7.46. The van der Waals surface area contributed by atoms with Crippen molar-refractivity contribution in [2.45, 2.75) is 52.4 Å². The van der Waals surface area contributed by atoms with E-state index in [1.807, 2.05) is 31.2 Å². The molecular weight excluding hydrogens is 302 g/mol. The molecule has 0 unspecified atom stereocenters. The van der Waals surface area contributed by atoms with Crippen LogP contribution in [0.5, 0.6) is 0 Å². The Bertz CT molecular complexity index is 657. The fraction of sp³-hybridized carbons (Fsp3) is 0.455. The van der Waals surface area contributed by atoms with Crippen LogP contribution in [0.25, 0.3) is 0 Å². The van der Waals surface area contributed by atoms with Crippen molar-refractivity contribution in [2.75, 3.05) is 0 Å². The lowest BCUT2D eigenvalue weighted by Gasteiger charge is -2.26. The van der Waals surface area contributed by atoms with E-state index in [9.17, 15) is 8.78 Å². The van der Waals surface area contributed by atoms with E-state index in [4.69, 9.17) is 0 Å². The highest BCUT2D eigenvalue weighted by atomic mass is 19.1. The van der Waals surface area contributed by atoms with Gasteiger partial charge in [0.2, 0.25) is 0 Å². The van der Waals surface area contributed by atoms with E-state index in [-0.39, 0.29) is 5.56 Å². The molecule has 3 rings (SSSR count). The SMILES string of the molecule is Cc1ccc(Cc2c(F)cc(CC3CCC(C)CC3)cc2F)cc1. The van der Waals surface area contributed by atoms with Gasteiger partial charge in [0, 0.05) is 12.0 Å². The number of halogens is 2. The molecule has 1 aliphatic rings. The zero-order chi connectivity index (χ0) is 17.1. The first kappa shape index (κ1) is 17.1. The van der Waals surface area contributed by atoms with Crippen molar-refractivity contribution >= 4 is 0 Å². The molecular formula is C22H26F2. The highest BCUT2D eigenvalue weighted by Gasteiger charge is 2.20. The van der Waals surface area contributed by atoms with Gasteiger partial charge in [-0.3, -0.25) is 0 Å². The Kier molecular flexibility index (Phi) is 5.33. The van der Waals surface area contributed by atoms with Gasteiger partial charge in [-0.2, -0.15) is 0 Å². The molecule has 0 spiro atoms. The number of rotatable bonds is 4. The maximum atomic E-state index is 14.5. The third kappa shape index (κ3) is 4.23. The van der Waals surface area contributed by atoms with Crippen molar-refractivity contribution in [3.8, 4) is 0 Å². The summed E-state index contributed by atoms with van der Waals surface area (Å²) in [4.78, 5) is 0. The fourth-order valence-electron chi connectivity index (χ4n) is 3.72. The molecule has 0 N–H and O–H groups in total. The van der Waals surface area contributed by atoms with Gasteiger partial charge in [0.1, 0.15) is 11.6 Å². The van der Waals surface area contributed by atoms with Gasteiger partial charge in [0.15, 0.2) is 0 Å². The summed E-state index contributed by atoms with van der Waals surface area (Å²) >= 11 is 0. The first-order chi connectivity index (χ1) is 11.5. The van der Waals surface area contributed by atoms with Gasteiger partial charge >= 0.3 is 0 Å². The Hall–Kier alpha value is -1.70. The Morgan fingerprint density at radius 1 is 0.875 bits per heavy atom. The van der Waals surface area contributed by atoms with E-state index in [1.165, 1.54) is 25.7 Å². The minimum Gasteiger partial charge on any atom is -0.207 e. The van der Waals surface area contributed by atoms with E-state index in [2.05, 4.69) is 6.92 Å². The minimum atomic E-state index is -0.408. The summed E-state index contributed by atoms with van der Waals surface area (Å²) in [6.45, 7) is 4.29. The summed E-state index contributed by atoms with van der Waals surface area (Å²) in [7, 11) is 0. The molecule has 0 atom stereocenters. The van der Waals surface area contributed by atoms with Crippen LogP contribution in [-0.4, -0.2) is 0 Å². The fourth-order valence-corrected chi connectivity index (χ4v) is 3.72. The summed E-state index contributed by atoms with van der Waals surface area (Å²) in [6, 6.07) is 10.9. The standard InChI is InChI=1S/C22H26F2/c1-15-3-7-17(8-4-15)11-19-13-21(23)20(22(24)14-19)12-18-9-5-16(2)6-10-18/h5-6,9-10,13-15,17H,3-4,7-8,11-12H2,1-2H3. The number of hydrogen-bond acceptors (Lipinski definition) is 0. The Balaban J connectivity index is 1.72. The van der Waals surface area contributed by atoms with Crippen molar-refractivity contribution in [1.29, 1.82) is 0 Å². The summed E-state index contributed by atoms with van der Waals surface area (Å²) < 4.78 is 28.9. The first-order valence-corrected chi connectivity index (χ1v) is 9.03. The van der Waals surface area contributed by atoms with Crippen molar-refractivity contribution in [3.63, 3.8) is 0 Å². The number of aryl methyl sites for hydroxylation is 1. The first-order valence-electron chi connectivity index (χ1n) is 9.03. The summed E-state index contributed by atoms with van der Waals surface area (Å²) in [5, 5.41) is 0. The lowest BCUT2D eigenvalue weighted by atomic mass is 9.80. The Labute approximate surface area is 143 Å². The highest BCUT2D eigenvalue weighted by Crippen LogP contribution is 2.31. The molecule has 2 aromatic rings. The molecule has 0 saturated heterocycles. The van der Waals surface area contributed by atoms with Crippen molar-refractivity contribution in [2.24, 2.45) is 11.8 Å². The van der Waals surface area contributed by atoms with Gasteiger partial charge in [0.05, 0.1) is 0 Å². The van der Waals surface area contributed by atoms with E-state index >= 15 is 0 Å². The normalized spacial score (nSPS) is 21.0. The number of hydrogen-bond donors (Lipinski definition) is 0. The molecule has 2 heteroatoms. The molecule has 0 aromatic heterocycles. The van der Waals surface area contributed by atoms with Crippen molar-refractivity contribution in [3.05, 3.63) is 70.3 Å². The van der Waals surface area contributed by atoms with Gasteiger partial charge in [-0.05, 0) is 61.3 Å². The van der Waals surface area contributed by atoms with Crippen LogP contribution in [0.3, 0.4) is 0 Å². The molecule has 1 aliphatic carbocycles. The van der Waals surface area contributed by atoms with E-state index < -0.39 is 11.6 Å². The lowest BCUT2D eigenvalue weighted by molar-refractivity contribution is 0.288. The number of benzene rings is 2. The highest BCUT2D eigenvalue weighted by molar-refractivity contribution is 5.32. The maximum Gasteiger partial charge on any atom is 0.129 e. The summed E-state index contributed by atoms with van der Waals surface area (Å²) in [5.41, 5.74) is 3.07. The largest absolute Gasteiger partial charge is 0.207 e. The average Bonchev–Trinajstić information content (AvgIpc) is 2.55. The molecule has 0 aliphatic heterocycles. The monoisotopic (exact) mass is 328 g/mol. The molecule has 0 heterocycles. The smallest absolute Gasteiger partial charge is 0.129 e. The maximum absolute atomic E-state index is 14.5. The molecule has 0 radical (unpaired) electrons. The predicted molar refractivity (Wildman–Crippen MR) is 95.2 cm³/mol. The summed E-state index contributed by atoms with van der Waals surface area (Å²) in [5.74, 6) is 0.555. The van der Waals surface area contributed by atoms with Crippen LogP contribution in [0.15, 0.2) is 36.4 Å². The van der Waals surface area contributed by atoms with E-state index in [0.29, 0.717) is 12.3 Å². The second-order valence-corrected chi connectivity index (χ2v) is 7.53. The van der Waals surface area contributed by atoms with Crippen molar-refractivity contribution in [1.82, 2.24) is 0 Å². The van der Waals surface area contributed by atoms with Crippen LogP contribution >= 0.6 is 0 Å². The molecule has 128 valence electrons. The van der Waals surface area contributed by atoms with Gasteiger partial charge in [-0.15, -0.1) is 0 Å². The van der Waals surface area contributed by atoms with Crippen LogP contribution in [0.4, 0.5) is 8.78 Å². The summed E-state index contributed by atoms with van der Waals surface area (Å²) in [6.07, 6.45) is 5.93. The minimum absolute atomic E-state index is 0.180. The van der Waals surface area contributed by atoms with Crippen LogP contribution in [0.2, 0.25) is 0 Å². The van der Waals surface area contributed by atoms with E-state index in [1.54, 1.807) is 12.1 Å². The van der Waals surface area contributed by atoms with Crippen LogP contribution in [0.1, 0.15) is 54.9 Å². The third-order valence-electron chi connectivity index (χ3n) is 5.36. The molecule has 1 fully saturated rings. The van der Waals surface area contributed by atoms with Crippen molar-refractivity contribution < 1.29 is 8.78 Å². The molecule has 2 aromatic carbocycles. The Morgan fingerprint density at radius 3 is 2.04 bits per heavy atom. The molecule has 24 heavy (non-hydrogen) atoms. The van der Waals surface area contributed by atoms with Gasteiger partial charge in [-0.1, -0.05) is 49.6 Å². The second-order valence-electron chi connectivity index (χ2n) is 7.53.